The summed E-state index contributed by atoms with van der Waals surface area (Å²) in [6.45, 7) is 7.43. The van der Waals surface area contributed by atoms with E-state index < -0.39 is 23.5 Å². The first-order valence-corrected chi connectivity index (χ1v) is 24.8. The quantitative estimate of drug-likeness (QED) is 0.0973. The number of tetrazole rings is 1. The van der Waals surface area contributed by atoms with Gasteiger partial charge in [-0.3, -0.25) is 9.59 Å². The number of aromatic amines is 1. The first-order valence-electron chi connectivity index (χ1n) is 24.8. The lowest BCUT2D eigenvalue weighted by Crippen LogP contribution is -2.29. The number of hydrogen-bond donors (Lipinski definition) is 1. The topological polar surface area (TPSA) is 174 Å². The molecular weight excluding hydrogens is 997 g/mol. The first-order chi connectivity index (χ1) is 37.0. The van der Waals surface area contributed by atoms with Crippen LogP contribution in [0.3, 0.4) is 0 Å². The van der Waals surface area contributed by atoms with Gasteiger partial charge in [0.15, 0.2) is 0 Å². The van der Waals surface area contributed by atoms with E-state index in [2.05, 4.69) is 55.5 Å². The van der Waals surface area contributed by atoms with Crippen LogP contribution in [0.5, 0.6) is 0 Å². The standard InChI is InChI=1S/C29H26F3N7O.C29H25F3N4O/c1-3-4-9-25-24(28(40)39(18(2)34-25)26-15-14-21(17-33-26)29(30,31)32)16-19-10-12-20(13-11-19)22-7-5-6-8-23(22)27-35-37-38-36-27;1-3-4-9-26-25(16-20-10-12-21(13-11-20)24-8-6-5-7-22(24)17-33)28(37)36(19(2)35-26)27-15-14-23(18-34-27)29(30,31)32/h5-8,10-15,17H,3-4,9,16H2,1-2H3,(H,35,36,37,38);5-8,10-15,18H,3-4,9,16H2,1-2H3. The van der Waals surface area contributed by atoms with Crippen molar-refractivity contribution >= 4 is 0 Å². The molecule has 0 aliphatic carbocycles. The van der Waals surface area contributed by atoms with E-state index in [1.807, 2.05) is 91.0 Å². The summed E-state index contributed by atoms with van der Waals surface area (Å²) in [4.78, 5) is 44.6. The highest BCUT2D eigenvalue weighted by molar-refractivity contribution is 5.80. The largest absolute Gasteiger partial charge is 0.417 e. The molecular formula is C58H51F6N11O2. The molecule has 9 aromatic rings. The predicted octanol–water partition coefficient (Wildman–Crippen LogP) is 12.2. The van der Waals surface area contributed by atoms with Crippen LogP contribution in [0.2, 0.25) is 0 Å². The maximum Gasteiger partial charge on any atom is 0.417 e. The van der Waals surface area contributed by atoms with Gasteiger partial charge in [0, 0.05) is 41.9 Å². The van der Waals surface area contributed by atoms with E-state index in [1.54, 1.807) is 19.9 Å². The van der Waals surface area contributed by atoms with Gasteiger partial charge in [0.2, 0.25) is 5.82 Å². The molecule has 0 bridgehead atoms. The molecule has 77 heavy (non-hydrogen) atoms. The van der Waals surface area contributed by atoms with Crippen LogP contribution in [0.25, 0.3) is 45.3 Å². The number of pyridine rings is 2. The molecule has 5 heterocycles. The molecule has 13 nitrogen and oxygen atoms in total. The second-order valence-electron chi connectivity index (χ2n) is 18.1. The molecule has 0 unspecified atom stereocenters. The Kier molecular flexibility index (Phi) is 16.8. The summed E-state index contributed by atoms with van der Waals surface area (Å²) in [5.74, 6) is 1.42. The van der Waals surface area contributed by atoms with Crippen LogP contribution in [0, 0.1) is 25.2 Å². The Morgan fingerprint density at radius 3 is 1.42 bits per heavy atom. The number of rotatable bonds is 15. The molecule has 4 aromatic carbocycles. The number of benzene rings is 4. The summed E-state index contributed by atoms with van der Waals surface area (Å²) in [5, 5.41) is 23.7. The maximum atomic E-state index is 13.8. The molecule has 0 aliphatic heterocycles. The van der Waals surface area contributed by atoms with E-state index in [4.69, 9.17) is 4.98 Å². The van der Waals surface area contributed by atoms with Gasteiger partial charge < -0.3 is 0 Å². The van der Waals surface area contributed by atoms with Gasteiger partial charge >= 0.3 is 12.4 Å². The number of nitriles is 1. The zero-order chi connectivity index (χ0) is 54.9. The second-order valence-corrected chi connectivity index (χ2v) is 18.1. The molecule has 0 atom stereocenters. The molecule has 0 spiro atoms. The predicted molar refractivity (Wildman–Crippen MR) is 279 cm³/mol. The molecule has 0 amide bonds. The van der Waals surface area contributed by atoms with Gasteiger partial charge in [0.25, 0.3) is 11.1 Å². The molecule has 0 fully saturated rings. The number of aromatic nitrogens is 10. The smallest absolute Gasteiger partial charge is 0.268 e. The van der Waals surface area contributed by atoms with E-state index in [9.17, 15) is 41.2 Å². The number of nitrogens with zero attached hydrogens (tertiary/aromatic N) is 10. The highest BCUT2D eigenvalue weighted by atomic mass is 19.4. The lowest BCUT2D eigenvalue weighted by atomic mass is 9.96. The van der Waals surface area contributed by atoms with Gasteiger partial charge in [-0.1, -0.05) is 118 Å². The van der Waals surface area contributed by atoms with Crippen LogP contribution in [0.15, 0.2) is 143 Å². The fourth-order valence-electron chi connectivity index (χ4n) is 8.86. The van der Waals surface area contributed by atoms with Gasteiger partial charge in [-0.2, -0.15) is 36.8 Å². The van der Waals surface area contributed by atoms with Crippen molar-refractivity contribution < 1.29 is 26.3 Å². The maximum absolute atomic E-state index is 13.8. The average Bonchev–Trinajstić information content (AvgIpc) is 3.98. The van der Waals surface area contributed by atoms with E-state index >= 15 is 0 Å². The Morgan fingerprint density at radius 2 is 1.01 bits per heavy atom. The second kappa shape index (κ2) is 23.7. The van der Waals surface area contributed by atoms with Crippen LogP contribution in [0.1, 0.15) is 102 Å². The molecule has 1 N–H and O–H groups in total. The number of unbranched alkanes of at least 4 members (excludes halogenated alkanes) is 2. The van der Waals surface area contributed by atoms with E-state index in [0.717, 1.165) is 89.2 Å². The van der Waals surface area contributed by atoms with Gasteiger partial charge in [-0.25, -0.2) is 29.1 Å². The number of H-pyrrole nitrogens is 1. The van der Waals surface area contributed by atoms with Gasteiger partial charge in [-0.05, 0) is 108 Å². The lowest BCUT2D eigenvalue weighted by molar-refractivity contribution is -0.138. The van der Waals surface area contributed by atoms with Crippen molar-refractivity contribution in [3.8, 4) is 51.3 Å². The number of nitrogens with one attached hydrogen (secondary N) is 1. The molecule has 0 saturated carbocycles. The van der Waals surface area contributed by atoms with Crippen molar-refractivity contribution in [1.82, 2.24) is 49.7 Å². The van der Waals surface area contributed by atoms with Crippen molar-refractivity contribution in [3.05, 3.63) is 216 Å². The zero-order valence-corrected chi connectivity index (χ0v) is 42.4. The zero-order valence-electron chi connectivity index (χ0n) is 42.4. The normalized spacial score (nSPS) is 11.5. The Balaban J connectivity index is 0.000000204. The molecule has 19 heteroatoms. The number of hydrogen-bond acceptors (Lipinski definition) is 10. The van der Waals surface area contributed by atoms with Crippen molar-refractivity contribution in [2.75, 3.05) is 0 Å². The van der Waals surface area contributed by atoms with Gasteiger partial charge in [-0.15, -0.1) is 10.2 Å². The lowest BCUT2D eigenvalue weighted by Gasteiger charge is -2.16. The van der Waals surface area contributed by atoms with Crippen LogP contribution in [-0.2, 0) is 38.0 Å². The first kappa shape index (κ1) is 54.3. The number of aryl methyl sites for hydroxylation is 4. The molecule has 0 aliphatic rings. The summed E-state index contributed by atoms with van der Waals surface area (Å²) >= 11 is 0. The third-order valence-electron chi connectivity index (χ3n) is 12.9. The Bertz CT molecular complexity index is 3640. The minimum absolute atomic E-state index is 0.0924. The fourth-order valence-corrected chi connectivity index (χ4v) is 8.86. The summed E-state index contributed by atoms with van der Waals surface area (Å²) in [5.41, 5.74) is 6.72. The van der Waals surface area contributed by atoms with Crippen LogP contribution >= 0.6 is 0 Å². The monoisotopic (exact) mass is 1050 g/mol. The van der Waals surface area contributed by atoms with E-state index in [-0.39, 0.29) is 22.8 Å². The number of alkyl halides is 6. The minimum atomic E-state index is -4.52. The number of halogens is 6. The van der Waals surface area contributed by atoms with Crippen molar-refractivity contribution in [2.24, 2.45) is 0 Å². The van der Waals surface area contributed by atoms with Gasteiger partial charge in [0.05, 0.1) is 34.1 Å². The Morgan fingerprint density at radius 1 is 0.571 bits per heavy atom. The van der Waals surface area contributed by atoms with E-state index in [1.165, 1.54) is 21.3 Å². The Labute approximate surface area is 439 Å². The molecule has 392 valence electrons. The minimum Gasteiger partial charge on any atom is -0.268 e. The van der Waals surface area contributed by atoms with Crippen LogP contribution in [-0.4, -0.2) is 49.7 Å². The summed E-state index contributed by atoms with van der Waals surface area (Å²) in [6.07, 6.45) is -2.13. The fraction of sp³-hybridized carbons (Fsp3) is 0.241. The molecule has 0 radical (unpaired) electrons. The van der Waals surface area contributed by atoms with Crippen molar-refractivity contribution in [1.29, 1.82) is 5.26 Å². The Hall–Kier alpha value is -8.92. The highest BCUT2D eigenvalue weighted by Gasteiger charge is 2.32. The summed E-state index contributed by atoms with van der Waals surface area (Å²) in [7, 11) is 0. The third kappa shape index (κ3) is 12.6. The van der Waals surface area contributed by atoms with Gasteiger partial charge in [0.1, 0.15) is 23.3 Å². The highest BCUT2D eigenvalue weighted by Crippen LogP contribution is 2.32. The van der Waals surface area contributed by atoms with Crippen molar-refractivity contribution in [3.63, 3.8) is 0 Å². The molecule has 0 saturated heterocycles. The third-order valence-corrected chi connectivity index (χ3v) is 12.9. The SMILES string of the molecule is CCCCc1nc(C)n(-c2ccc(C(F)(F)F)cn2)c(=O)c1Cc1ccc(-c2ccccc2-c2nn[nH]n2)cc1.CCCCc1nc(C)n(-c2ccc(C(F)(F)F)cn2)c(=O)c1Cc1ccc(-c2ccccc2C#N)cc1. The van der Waals surface area contributed by atoms with E-state index in [0.29, 0.717) is 71.2 Å². The summed E-state index contributed by atoms with van der Waals surface area (Å²) in [6, 6.07) is 37.0. The summed E-state index contributed by atoms with van der Waals surface area (Å²) < 4.78 is 80.7. The molecule has 9 rings (SSSR count). The molecule has 5 aromatic heterocycles. The average molecular weight is 1050 g/mol. The van der Waals surface area contributed by atoms with Crippen LogP contribution < -0.4 is 11.1 Å². The van der Waals surface area contributed by atoms with Crippen molar-refractivity contribution in [2.45, 2.75) is 91.4 Å². The van der Waals surface area contributed by atoms with Crippen LogP contribution in [0.4, 0.5) is 26.3 Å².